The normalized spacial score (nSPS) is 36.7. The highest BCUT2D eigenvalue weighted by molar-refractivity contribution is 6.43. The van der Waals surface area contributed by atoms with Crippen LogP contribution in [0.2, 0.25) is 0 Å². The van der Waals surface area contributed by atoms with Crippen molar-refractivity contribution in [2.45, 2.75) is 141 Å². The molecule has 0 spiro atoms. The molecule has 2 aliphatic rings. The fraction of sp³-hybridized carbons (Fsp3) is 0.644. The minimum Gasteiger partial charge on any atom is -0.459 e. The number of ether oxygens (including phenoxy) is 5. The number of hydrogen-bond acceptors (Lipinski definition) is 14. The molecule has 3 N–H and O–H groups in total. The highest BCUT2D eigenvalue weighted by atomic mass is 16.7. The maximum Gasteiger partial charge on any atom is 0.361 e. The monoisotopic (exact) mass is 826 g/mol. The van der Waals surface area contributed by atoms with E-state index < -0.39 is 83.6 Å². The molecular formula is C45H66N2O12. The van der Waals surface area contributed by atoms with Crippen LogP contribution in [0.15, 0.2) is 65.8 Å². The molecule has 2 aliphatic heterocycles. The lowest BCUT2D eigenvalue weighted by molar-refractivity contribution is -0.301. The van der Waals surface area contributed by atoms with E-state index in [0.29, 0.717) is 12.0 Å². The van der Waals surface area contributed by atoms with E-state index in [0.717, 1.165) is 5.56 Å². The van der Waals surface area contributed by atoms with Crippen molar-refractivity contribution in [3.63, 3.8) is 0 Å². The van der Waals surface area contributed by atoms with Gasteiger partial charge in [-0.3, -0.25) is 9.59 Å². The molecule has 59 heavy (non-hydrogen) atoms. The molecule has 2 fully saturated rings. The summed E-state index contributed by atoms with van der Waals surface area (Å²) < 4.78 is 31.6. The van der Waals surface area contributed by atoms with Crippen LogP contribution in [-0.2, 0) is 49.5 Å². The Morgan fingerprint density at radius 3 is 2.14 bits per heavy atom. The summed E-state index contributed by atoms with van der Waals surface area (Å²) in [4.78, 5) is 50.5. The number of aliphatic hydroxyl groups excluding tert-OH is 2. The lowest BCUT2D eigenvalue weighted by atomic mass is 9.74. The van der Waals surface area contributed by atoms with Gasteiger partial charge in [0.05, 0.1) is 29.8 Å². The molecule has 4 rings (SSSR count). The molecular weight excluding hydrogens is 760 g/mol. The molecule has 14 nitrogen and oxygen atoms in total. The topological polar surface area (TPSA) is 183 Å². The van der Waals surface area contributed by atoms with Crippen molar-refractivity contribution in [3.8, 4) is 0 Å². The molecule has 0 aliphatic carbocycles. The van der Waals surface area contributed by atoms with Crippen LogP contribution in [0.4, 0.5) is 0 Å². The van der Waals surface area contributed by atoms with Crippen molar-refractivity contribution in [1.29, 1.82) is 0 Å². The van der Waals surface area contributed by atoms with Gasteiger partial charge in [0, 0.05) is 36.5 Å². The number of Topliss-reactive ketones (excluding diaryl/α,β-unsaturated/α-hetero) is 1. The van der Waals surface area contributed by atoms with Crippen molar-refractivity contribution < 1.29 is 58.2 Å². The number of cyclic esters (lactones) is 1. The van der Waals surface area contributed by atoms with Crippen LogP contribution in [-0.4, -0.2) is 125 Å². The third kappa shape index (κ3) is 11.3. The van der Waals surface area contributed by atoms with Crippen LogP contribution in [0.1, 0.15) is 85.8 Å². The number of carbonyl (C=O) groups is 3. The van der Waals surface area contributed by atoms with Gasteiger partial charge in [-0.1, -0.05) is 93.5 Å². The van der Waals surface area contributed by atoms with E-state index in [9.17, 15) is 29.7 Å². The van der Waals surface area contributed by atoms with Crippen molar-refractivity contribution in [2.75, 3.05) is 21.2 Å². The van der Waals surface area contributed by atoms with Crippen LogP contribution < -0.4 is 0 Å². The maximum absolute atomic E-state index is 14.5. The maximum atomic E-state index is 14.5. The fourth-order valence-electron chi connectivity index (χ4n) is 8.51. The quantitative estimate of drug-likeness (QED) is 0.161. The number of esters is 2. The third-order valence-corrected chi connectivity index (χ3v) is 12.2. The second-order valence-electron chi connectivity index (χ2n) is 17.0. The van der Waals surface area contributed by atoms with E-state index in [-0.39, 0.29) is 43.1 Å². The van der Waals surface area contributed by atoms with Gasteiger partial charge in [-0.05, 0) is 66.6 Å². The summed E-state index contributed by atoms with van der Waals surface area (Å²) in [6.07, 6.45) is -7.26. The summed E-state index contributed by atoms with van der Waals surface area (Å²) in [5.74, 6) is -6.08. The van der Waals surface area contributed by atoms with Crippen LogP contribution in [0.5, 0.6) is 0 Å². The highest BCUT2D eigenvalue weighted by Gasteiger charge is 2.53. The number of nitrogens with zero attached hydrogens (tertiary/aromatic N) is 2. The highest BCUT2D eigenvalue weighted by Crippen LogP contribution is 2.40. The van der Waals surface area contributed by atoms with E-state index in [4.69, 9.17) is 28.5 Å². The van der Waals surface area contributed by atoms with Gasteiger partial charge >= 0.3 is 11.9 Å². The molecule has 2 saturated heterocycles. The average Bonchev–Trinajstić information content (AvgIpc) is 3.21. The second-order valence-corrected chi connectivity index (χ2v) is 17.0. The molecule has 0 unspecified atom stereocenters. The Morgan fingerprint density at radius 2 is 1.56 bits per heavy atom. The summed E-state index contributed by atoms with van der Waals surface area (Å²) >= 11 is 0. The first-order valence-electron chi connectivity index (χ1n) is 20.6. The van der Waals surface area contributed by atoms with E-state index in [1.165, 1.54) is 27.9 Å². The van der Waals surface area contributed by atoms with Crippen LogP contribution in [0, 0.1) is 23.7 Å². The third-order valence-electron chi connectivity index (χ3n) is 12.2. The van der Waals surface area contributed by atoms with Crippen LogP contribution >= 0.6 is 0 Å². The minimum atomic E-state index is -2.03. The Labute approximate surface area is 349 Å². The van der Waals surface area contributed by atoms with Gasteiger partial charge in [-0.25, -0.2) is 4.79 Å². The van der Waals surface area contributed by atoms with Gasteiger partial charge in [0.2, 0.25) is 0 Å². The number of oxime groups is 1. The standard InChI is InChI=1S/C45H66N2O12/c1-12-34-45(8,53)39(50)28(4)36(48)26(2)24-44(7,54-11)40(59-43-37(49)33(47(9)10)23-27(3)56-43)29(5)38(30(6)41(51)57-34)58-42(52)35(32-21-17-14-18-22-32)46-55-25-31-19-15-13-16-20-31/h13-22,26-30,33-34,37-40,43,49-50,53H,12,23-25H2,1-11H3/b46-35+/t26-,27-,28+,29+,30-,33+,34-,37-,38-,39-,40-,43+,44+,45-/m1/s1. The second kappa shape index (κ2) is 20.7. The number of methoxy groups -OCH3 is 1. The SMILES string of the molecule is CC[C@H]1OC(=O)[C@H](C)[C@H](OC(=O)/C(=N/OCc2ccccc2)c2ccccc2)[C@H](C)[C@@H](O[C@@H]2O[C@H](C)C[C@H](N(C)C)[C@H]2O)[C@@](C)(OC)C[C@@H](C)C(=O)[C@H](C)[C@@H](O)[C@]1(C)O. The molecule has 14 heteroatoms. The first kappa shape index (κ1) is 47.9. The van der Waals surface area contributed by atoms with Crippen molar-refractivity contribution in [2.24, 2.45) is 28.8 Å². The van der Waals surface area contributed by atoms with Gasteiger partial charge < -0.3 is 48.7 Å². The van der Waals surface area contributed by atoms with Gasteiger partial charge in [-0.15, -0.1) is 0 Å². The van der Waals surface area contributed by atoms with E-state index in [2.05, 4.69) is 5.16 Å². The Morgan fingerprint density at radius 1 is 0.949 bits per heavy atom. The molecule has 14 atom stereocenters. The van der Waals surface area contributed by atoms with Crippen molar-refractivity contribution in [3.05, 3.63) is 71.8 Å². The zero-order chi connectivity index (χ0) is 43.8. The van der Waals surface area contributed by atoms with Gasteiger partial charge in [-0.2, -0.15) is 0 Å². The van der Waals surface area contributed by atoms with Gasteiger partial charge in [0.15, 0.2) is 12.0 Å². The zero-order valence-corrected chi connectivity index (χ0v) is 36.4. The molecule has 0 radical (unpaired) electrons. The first-order chi connectivity index (χ1) is 27.8. The Kier molecular flexibility index (Phi) is 16.8. The molecule has 328 valence electrons. The Balaban J connectivity index is 1.88. The number of carbonyl (C=O) groups excluding carboxylic acids is 3. The summed E-state index contributed by atoms with van der Waals surface area (Å²) in [6, 6.07) is 17.6. The largest absolute Gasteiger partial charge is 0.459 e. The van der Waals surface area contributed by atoms with E-state index >= 15 is 0 Å². The summed E-state index contributed by atoms with van der Waals surface area (Å²) in [5.41, 5.74) is -2.35. The van der Waals surface area contributed by atoms with E-state index in [1.54, 1.807) is 58.0 Å². The predicted molar refractivity (Wildman–Crippen MR) is 220 cm³/mol. The lowest BCUT2D eigenvalue weighted by Gasteiger charge is -2.48. The average molecular weight is 827 g/mol. The smallest absolute Gasteiger partial charge is 0.361 e. The van der Waals surface area contributed by atoms with Crippen LogP contribution in [0.3, 0.4) is 0 Å². The Bertz CT molecular complexity index is 1710. The van der Waals surface area contributed by atoms with E-state index in [1.807, 2.05) is 56.3 Å². The predicted octanol–water partition coefficient (Wildman–Crippen LogP) is 4.69. The summed E-state index contributed by atoms with van der Waals surface area (Å²) in [7, 11) is 5.17. The number of hydrogen-bond donors (Lipinski definition) is 3. The number of ketones is 1. The molecule has 0 amide bonds. The molecule has 0 bridgehead atoms. The molecule has 2 aromatic rings. The summed E-state index contributed by atoms with van der Waals surface area (Å²) in [5, 5.41) is 39.1. The number of likely N-dealkylation sites (N-methyl/N-ethyl adjacent to an activating group) is 1. The van der Waals surface area contributed by atoms with Crippen LogP contribution in [0.25, 0.3) is 0 Å². The Hall–Kier alpha value is -3.76. The first-order valence-corrected chi connectivity index (χ1v) is 20.6. The zero-order valence-electron chi connectivity index (χ0n) is 36.4. The van der Waals surface area contributed by atoms with Crippen molar-refractivity contribution in [1.82, 2.24) is 4.90 Å². The number of rotatable bonds is 11. The minimum absolute atomic E-state index is 0.0345. The molecule has 0 saturated carbocycles. The lowest BCUT2D eigenvalue weighted by Crippen LogP contribution is -2.60. The van der Waals surface area contributed by atoms with Crippen molar-refractivity contribution >= 4 is 23.4 Å². The fourth-order valence-corrected chi connectivity index (χ4v) is 8.51. The molecule has 0 aromatic heterocycles. The van der Waals surface area contributed by atoms with Gasteiger partial charge in [0.25, 0.3) is 0 Å². The molecule has 2 heterocycles. The number of aliphatic hydroxyl groups is 3. The number of benzene rings is 2. The summed E-state index contributed by atoms with van der Waals surface area (Å²) in [6.45, 7) is 13.2. The molecule has 2 aromatic carbocycles. The van der Waals surface area contributed by atoms with Gasteiger partial charge in [0.1, 0.15) is 36.3 Å².